The van der Waals surface area contributed by atoms with E-state index in [-0.39, 0.29) is 16.8 Å². The van der Waals surface area contributed by atoms with Gasteiger partial charge in [-0.15, -0.1) is 0 Å². The van der Waals surface area contributed by atoms with Crippen LogP contribution >= 0.6 is 15.9 Å². The Morgan fingerprint density at radius 2 is 1.67 bits per heavy atom. The quantitative estimate of drug-likeness (QED) is 0.621. The summed E-state index contributed by atoms with van der Waals surface area (Å²) >= 11 is 3.45. The fraction of sp³-hybridized carbons (Fsp3) is 0.409. The summed E-state index contributed by atoms with van der Waals surface area (Å²) in [6.07, 6.45) is 3.05. The number of hydrogen-bond acceptors (Lipinski definition) is 4. The first-order valence-electron chi connectivity index (χ1n) is 10.1. The molecule has 1 saturated heterocycles. The Kier molecular flexibility index (Phi) is 6.29. The highest BCUT2D eigenvalue weighted by Gasteiger charge is 2.41. The van der Waals surface area contributed by atoms with Gasteiger partial charge in [0.2, 0.25) is 15.9 Å². The van der Waals surface area contributed by atoms with Gasteiger partial charge in [-0.3, -0.25) is 4.79 Å². The third-order valence-corrected chi connectivity index (χ3v) is 7.83. The van der Waals surface area contributed by atoms with E-state index in [1.165, 1.54) is 0 Å². The molecule has 8 heteroatoms. The van der Waals surface area contributed by atoms with Gasteiger partial charge < -0.3 is 10.1 Å². The fourth-order valence-corrected chi connectivity index (χ4v) is 5.33. The first-order chi connectivity index (χ1) is 14.4. The largest absolute Gasteiger partial charge is 0.381 e. The molecule has 1 amide bonds. The number of carbonyl (C=O) groups excluding carboxylic acids is 1. The molecule has 6 nitrogen and oxygen atoms in total. The molecule has 2 N–H and O–H groups in total. The molecule has 1 heterocycles. The van der Waals surface area contributed by atoms with Crippen molar-refractivity contribution in [1.82, 2.24) is 10.0 Å². The molecular weight excluding hydrogens is 468 g/mol. The smallest absolute Gasteiger partial charge is 0.240 e. The second kappa shape index (κ2) is 8.78. The van der Waals surface area contributed by atoms with E-state index in [0.29, 0.717) is 32.6 Å². The van der Waals surface area contributed by atoms with Crippen LogP contribution in [0.25, 0.3) is 0 Å². The summed E-state index contributed by atoms with van der Waals surface area (Å²) in [5, 5.41) is 3.05. The predicted molar refractivity (Wildman–Crippen MR) is 118 cm³/mol. The Morgan fingerprint density at radius 3 is 2.27 bits per heavy atom. The number of carbonyl (C=O) groups is 1. The summed E-state index contributed by atoms with van der Waals surface area (Å²) in [6, 6.07) is 14.6. The molecule has 0 spiro atoms. The molecule has 2 aliphatic rings. The van der Waals surface area contributed by atoms with Crippen LogP contribution in [-0.4, -0.2) is 33.6 Å². The molecule has 1 saturated carbocycles. The predicted octanol–water partition coefficient (Wildman–Crippen LogP) is 3.25. The van der Waals surface area contributed by atoms with Crippen molar-refractivity contribution in [2.75, 3.05) is 13.2 Å². The third-order valence-electron chi connectivity index (χ3n) is 5.76. The minimum Gasteiger partial charge on any atom is -0.381 e. The van der Waals surface area contributed by atoms with Crippen LogP contribution in [0.15, 0.2) is 57.9 Å². The number of sulfonamides is 1. The zero-order valence-corrected chi connectivity index (χ0v) is 19.0. The number of ether oxygens (including phenoxy) is 1. The summed E-state index contributed by atoms with van der Waals surface area (Å²) in [5.41, 5.74) is 1.22. The van der Waals surface area contributed by atoms with E-state index < -0.39 is 15.4 Å². The number of amides is 1. The number of hydrogen-bond donors (Lipinski definition) is 2. The number of benzene rings is 2. The molecule has 0 atom stereocenters. The Labute approximate surface area is 185 Å². The van der Waals surface area contributed by atoms with Crippen molar-refractivity contribution < 1.29 is 17.9 Å². The highest BCUT2D eigenvalue weighted by Crippen LogP contribution is 2.36. The molecule has 2 fully saturated rings. The van der Waals surface area contributed by atoms with Crippen LogP contribution in [0.1, 0.15) is 36.8 Å². The van der Waals surface area contributed by atoms with Crippen LogP contribution in [-0.2, 0) is 31.5 Å². The van der Waals surface area contributed by atoms with Crippen molar-refractivity contribution >= 4 is 31.9 Å². The van der Waals surface area contributed by atoms with Gasteiger partial charge in [-0.05, 0) is 61.1 Å². The highest BCUT2D eigenvalue weighted by molar-refractivity contribution is 9.10. The molecule has 0 aromatic heterocycles. The van der Waals surface area contributed by atoms with Gasteiger partial charge in [-0.1, -0.05) is 40.2 Å². The van der Waals surface area contributed by atoms with Gasteiger partial charge in [0.15, 0.2) is 0 Å². The Hall–Kier alpha value is -1.74. The number of halogens is 1. The van der Waals surface area contributed by atoms with E-state index in [1.54, 1.807) is 24.3 Å². The molecule has 4 rings (SSSR count). The van der Waals surface area contributed by atoms with Crippen LogP contribution in [0.5, 0.6) is 0 Å². The van der Waals surface area contributed by atoms with Crippen molar-refractivity contribution in [3.8, 4) is 0 Å². The molecule has 1 aliphatic carbocycles. The SMILES string of the molecule is O=C(NCc1ccc(S(=O)(=O)NC2CC2)cc1)C1(c2ccc(Br)cc2)CCOCC1. The molecule has 1 aliphatic heterocycles. The lowest BCUT2D eigenvalue weighted by molar-refractivity contribution is -0.130. The lowest BCUT2D eigenvalue weighted by atomic mass is 9.73. The molecular formula is C22H25BrN2O4S. The van der Waals surface area contributed by atoms with E-state index in [2.05, 4.69) is 26.0 Å². The normalized spacial score (nSPS) is 18.7. The van der Waals surface area contributed by atoms with Crippen LogP contribution in [0.3, 0.4) is 0 Å². The second-order valence-electron chi connectivity index (χ2n) is 7.92. The Morgan fingerprint density at radius 1 is 1.03 bits per heavy atom. The topological polar surface area (TPSA) is 84.5 Å². The summed E-state index contributed by atoms with van der Waals surface area (Å²) in [5.74, 6) is -0.0276. The summed E-state index contributed by atoms with van der Waals surface area (Å²) < 4.78 is 33.7. The molecule has 0 radical (unpaired) electrons. The lowest BCUT2D eigenvalue weighted by Crippen LogP contribution is -2.47. The standard InChI is InChI=1S/C22H25BrN2O4S/c23-18-5-3-17(4-6-18)22(11-13-29-14-12-22)21(26)24-15-16-1-9-20(10-2-16)30(27,28)25-19-7-8-19/h1-6,9-10,19,25H,7-8,11-15H2,(H,24,26). The van der Waals surface area contributed by atoms with Crippen molar-refractivity contribution in [3.05, 3.63) is 64.1 Å². The van der Waals surface area contributed by atoms with Gasteiger partial charge in [0.1, 0.15) is 0 Å². The first kappa shape index (κ1) is 21.5. The van der Waals surface area contributed by atoms with Gasteiger partial charge in [-0.25, -0.2) is 13.1 Å². The second-order valence-corrected chi connectivity index (χ2v) is 10.6. The number of rotatable bonds is 7. The van der Waals surface area contributed by atoms with E-state index in [9.17, 15) is 13.2 Å². The molecule has 30 heavy (non-hydrogen) atoms. The maximum atomic E-state index is 13.2. The molecule has 2 aromatic carbocycles. The van der Waals surface area contributed by atoms with Gasteiger partial charge in [0.05, 0.1) is 10.3 Å². The van der Waals surface area contributed by atoms with E-state index in [1.807, 2.05) is 24.3 Å². The zero-order chi connectivity index (χ0) is 21.2. The van der Waals surface area contributed by atoms with Crippen molar-refractivity contribution in [3.63, 3.8) is 0 Å². The maximum absolute atomic E-state index is 13.2. The van der Waals surface area contributed by atoms with E-state index in [0.717, 1.165) is 28.4 Å². The maximum Gasteiger partial charge on any atom is 0.240 e. The average Bonchev–Trinajstić information content (AvgIpc) is 3.56. The summed E-state index contributed by atoms with van der Waals surface area (Å²) in [6.45, 7) is 1.43. The van der Waals surface area contributed by atoms with Crippen LogP contribution in [0.2, 0.25) is 0 Å². The van der Waals surface area contributed by atoms with E-state index in [4.69, 9.17) is 4.74 Å². The lowest BCUT2D eigenvalue weighted by Gasteiger charge is -2.36. The molecule has 0 unspecified atom stereocenters. The van der Waals surface area contributed by atoms with Gasteiger partial charge in [-0.2, -0.15) is 0 Å². The summed E-state index contributed by atoms with van der Waals surface area (Å²) in [7, 11) is -3.47. The zero-order valence-electron chi connectivity index (χ0n) is 16.6. The Balaban J connectivity index is 1.45. The first-order valence-corrected chi connectivity index (χ1v) is 12.4. The number of nitrogens with one attached hydrogen (secondary N) is 2. The van der Waals surface area contributed by atoms with Crippen LogP contribution in [0, 0.1) is 0 Å². The van der Waals surface area contributed by atoms with Crippen molar-refractivity contribution in [2.45, 2.75) is 48.6 Å². The molecule has 2 aromatic rings. The van der Waals surface area contributed by atoms with Crippen LogP contribution < -0.4 is 10.0 Å². The minimum atomic E-state index is -3.47. The Bertz CT molecular complexity index is 996. The van der Waals surface area contributed by atoms with Gasteiger partial charge in [0.25, 0.3) is 0 Å². The minimum absolute atomic E-state index is 0.0276. The van der Waals surface area contributed by atoms with E-state index >= 15 is 0 Å². The fourth-order valence-electron chi connectivity index (χ4n) is 3.76. The average molecular weight is 493 g/mol. The third kappa shape index (κ3) is 4.77. The van der Waals surface area contributed by atoms with Gasteiger partial charge >= 0.3 is 0 Å². The van der Waals surface area contributed by atoms with Gasteiger partial charge in [0, 0.05) is 30.3 Å². The van der Waals surface area contributed by atoms with Crippen molar-refractivity contribution in [2.24, 2.45) is 0 Å². The molecule has 160 valence electrons. The highest BCUT2D eigenvalue weighted by atomic mass is 79.9. The molecule has 0 bridgehead atoms. The van der Waals surface area contributed by atoms with Crippen molar-refractivity contribution in [1.29, 1.82) is 0 Å². The van der Waals surface area contributed by atoms with Crippen LogP contribution in [0.4, 0.5) is 0 Å². The summed E-state index contributed by atoms with van der Waals surface area (Å²) in [4.78, 5) is 13.5. The monoisotopic (exact) mass is 492 g/mol.